The first-order chi connectivity index (χ1) is 18.5. The largest absolute Gasteiger partial charge is 0.359 e. The third-order valence-corrected chi connectivity index (χ3v) is 8.85. The van der Waals surface area contributed by atoms with E-state index in [0.717, 1.165) is 37.4 Å². The lowest BCUT2D eigenvalue weighted by Crippen LogP contribution is -2.52. The van der Waals surface area contributed by atoms with E-state index in [2.05, 4.69) is 68.8 Å². The highest BCUT2D eigenvalue weighted by Crippen LogP contribution is 2.41. The van der Waals surface area contributed by atoms with Gasteiger partial charge in [0, 0.05) is 54.8 Å². The van der Waals surface area contributed by atoms with E-state index in [1.807, 2.05) is 18.2 Å². The molecule has 2 aromatic carbocycles. The second-order valence-electron chi connectivity index (χ2n) is 11.0. The maximum atomic E-state index is 14.2. The Morgan fingerprint density at radius 1 is 1.08 bits per heavy atom. The highest BCUT2D eigenvalue weighted by Gasteiger charge is 2.46. The molecule has 198 valence electrons. The van der Waals surface area contributed by atoms with E-state index in [1.54, 1.807) is 7.05 Å². The van der Waals surface area contributed by atoms with Crippen molar-refractivity contribution in [2.24, 2.45) is 23.7 Å². The molecule has 3 aromatic rings. The maximum Gasteiger partial charge on any atom is 0.227 e. The molecular weight excluding hydrogens is 496 g/mol. The van der Waals surface area contributed by atoms with E-state index in [1.165, 1.54) is 22.0 Å². The fourth-order valence-electron chi connectivity index (χ4n) is 6.33. The van der Waals surface area contributed by atoms with E-state index >= 15 is 0 Å². The zero-order chi connectivity index (χ0) is 26.2. The molecule has 38 heavy (non-hydrogen) atoms. The first-order valence-electron chi connectivity index (χ1n) is 13.8. The second-order valence-corrected chi connectivity index (χ2v) is 11.4. The van der Waals surface area contributed by atoms with Crippen LogP contribution in [-0.4, -0.2) is 47.5 Å². The molecule has 0 bridgehead atoms. The second kappa shape index (κ2) is 10.6. The molecule has 0 radical (unpaired) electrons. The minimum Gasteiger partial charge on any atom is -0.359 e. The third kappa shape index (κ3) is 4.87. The van der Waals surface area contributed by atoms with Crippen LogP contribution in [0.15, 0.2) is 66.9 Å². The summed E-state index contributed by atoms with van der Waals surface area (Å²) in [6.45, 7) is 2.93. The van der Waals surface area contributed by atoms with E-state index in [0.29, 0.717) is 19.1 Å². The van der Waals surface area contributed by atoms with Gasteiger partial charge in [0.15, 0.2) is 0 Å². The molecule has 2 heterocycles. The Hall–Kier alpha value is -3.09. The van der Waals surface area contributed by atoms with Crippen LogP contribution in [0, 0.1) is 23.7 Å². The van der Waals surface area contributed by atoms with Gasteiger partial charge in [-0.25, -0.2) is 0 Å². The summed E-state index contributed by atoms with van der Waals surface area (Å²) in [6, 6.07) is 16.7. The van der Waals surface area contributed by atoms with Gasteiger partial charge >= 0.3 is 0 Å². The molecule has 2 fully saturated rings. The van der Waals surface area contributed by atoms with Gasteiger partial charge in [-0.1, -0.05) is 54.1 Å². The first-order valence-corrected chi connectivity index (χ1v) is 14.1. The van der Waals surface area contributed by atoms with Crippen molar-refractivity contribution in [1.29, 1.82) is 0 Å². The number of aromatic nitrogens is 1. The molecule has 2 amide bonds. The smallest absolute Gasteiger partial charge is 0.227 e. The summed E-state index contributed by atoms with van der Waals surface area (Å²) in [6.07, 6.45) is 9.38. The van der Waals surface area contributed by atoms with Crippen LogP contribution in [0.1, 0.15) is 30.4 Å². The molecule has 2 N–H and O–H groups in total. The normalized spacial score (nSPS) is 24.7. The van der Waals surface area contributed by atoms with Crippen LogP contribution in [0.25, 0.3) is 10.9 Å². The number of hydrogen-bond acceptors (Lipinski definition) is 3. The molecule has 1 aliphatic heterocycles. The highest BCUT2D eigenvalue weighted by molar-refractivity contribution is 6.30. The lowest BCUT2D eigenvalue weighted by Gasteiger charge is -2.42. The molecule has 2 unspecified atom stereocenters. The Balaban J connectivity index is 1.26. The van der Waals surface area contributed by atoms with Crippen LogP contribution in [0.2, 0.25) is 5.02 Å². The quantitative estimate of drug-likeness (QED) is 0.418. The molecule has 2 aliphatic carbocycles. The number of fused-ring (bicyclic) bond motifs is 1. The van der Waals surface area contributed by atoms with E-state index in [-0.39, 0.29) is 35.5 Å². The van der Waals surface area contributed by atoms with Gasteiger partial charge in [-0.15, -0.1) is 0 Å². The Bertz CT molecular complexity index is 1360. The van der Waals surface area contributed by atoms with Gasteiger partial charge in [-0.3, -0.25) is 9.59 Å². The monoisotopic (exact) mass is 530 g/mol. The van der Waals surface area contributed by atoms with Crippen molar-refractivity contribution in [2.45, 2.75) is 38.4 Å². The number of nitrogens with zero attached hydrogens (tertiary/aromatic N) is 2. The number of halogens is 1. The molecule has 7 heteroatoms. The van der Waals surface area contributed by atoms with Crippen molar-refractivity contribution in [1.82, 2.24) is 20.1 Å². The topological polar surface area (TPSA) is 66.4 Å². The van der Waals surface area contributed by atoms with Crippen molar-refractivity contribution in [2.75, 3.05) is 20.1 Å². The summed E-state index contributed by atoms with van der Waals surface area (Å²) in [5.74, 6) is 0.356. The number of piperidine rings is 1. The summed E-state index contributed by atoms with van der Waals surface area (Å²) in [4.78, 5) is 28.7. The van der Waals surface area contributed by atoms with Crippen LogP contribution in [0.5, 0.6) is 0 Å². The Morgan fingerprint density at radius 3 is 2.58 bits per heavy atom. The number of benzene rings is 2. The van der Waals surface area contributed by atoms with Crippen LogP contribution in [0.4, 0.5) is 0 Å². The van der Waals surface area contributed by atoms with Crippen LogP contribution in [0.3, 0.4) is 0 Å². The SMILES string of the molecule is CNC(=O)C1C=CC1[C@H]1CCNC[C@@H]1C(=O)N(Cc1cn(Cc2ccc(Cl)cc2)c2ccccc12)C1CC1. The van der Waals surface area contributed by atoms with E-state index in [4.69, 9.17) is 11.6 Å². The molecule has 6 nitrogen and oxygen atoms in total. The van der Waals surface area contributed by atoms with Gasteiger partial charge in [-0.2, -0.15) is 0 Å². The molecular formula is C31H35ClN4O2. The van der Waals surface area contributed by atoms with Crippen molar-refractivity contribution in [3.8, 4) is 0 Å². The van der Waals surface area contributed by atoms with Crippen LogP contribution in [-0.2, 0) is 22.7 Å². The molecule has 6 rings (SSSR count). The molecule has 1 aromatic heterocycles. The summed E-state index contributed by atoms with van der Waals surface area (Å²) in [7, 11) is 1.69. The molecule has 1 saturated carbocycles. The fraction of sp³-hybridized carbons (Fsp3) is 0.419. The van der Waals surface area contributed by atoms with Gasteiger partial charge in [0.2, 0.25) is 11.8 Å². The molecule has 3 aliphatic rings. The zero-order valence-corrected chi connectivity index (χ0v) is 22.5. The van der Waals surface area contributed by atoms with E-state index < -0.39 is 0 Å². The number of hydrogen-bond donors (Lipinski definition) is 2. The highest BCUT2D eigenvalue weighted by atomic mass is 35.5. The van der Waals surface area contributed by atoms with Gasteiger partial charge in [-0.05, 0) is 67.0 Å². The molecule has 0 spiro atoms. The maximum absolute atomic E-state index is 14.2. The average Bonchev–Trinajstić information content (AvgIpc) is 3.71. The predicted octanol–water partition coefficient (Wildman–Crippen LogP) is 4.61. The minimum atomic E-state index is -0.126. The van der Waals surface area contributed by atoms with E-state index in [9.17, 15) is 9.59 Å². The number of carbonyl (C=O) groups excluding carboxylic acids is 2. The average molecular weight is 531 g/mol. The molecule has 1 saturated heterocycles. The van der Waals surface area contributed by atoms with Gasteiger partial charge in [0.05, 0.1) is 11.8 Å². The summed E-state index contributed by atoms with van der Waals surface area (Å²) in [5.41, 5.74) is 3.54. The zero-order valence-electron chi connectivity index (χ0n) is 21.8. The minimum absolute atomic E-state index is 0.0507. The van der Waals surface area contributed by atoms with Crippen LogP contribution < -0.4 is 10.6 Å². The van der Waals surface area contributed by atoms with Crippen molar-refractivity contribution in [3.05, 3.63) is 83.0 Å². The number of carbonyl (C=O) groups is 2. The van der Waals surface area contributed by atoms with Gasteiger partial charge < -0.3 is 20.1 Å². The number of allylic oxidation sites excluding steroid dienone is 1. The summed E-state index contributed by atoms with van der Waals surface area (Å²) in [5, 5.41) is 8.19. The Morgan fingerprint density at radius 2 is 1.87 bits per heavy atom. The standard InChI is InChI=1S/C31H35ClN4O2/c1-33-30(37)27-13-12-25(27)26-14-15-34-16-28(26)31(38)36(23-10-11-23)19-21-18-35(29-5-3-2-4-24(21)29)17-20-6-8-22(32)9-7-20/h2-9,12-13,18,23,25-28,34H,10-11,14-17,19H2,1H3,(H,33,37)/t25?,26-,27?,28+/m1/s1. The summed E-state index contributed by atoms with van der Waals surface area (Å²) >= 11 is 6.10. The fourth-order valence-corrected chi connectivity index (χ4v) is 6.46. The third-order valence-electron chi connectivity index (χ3n) is 8.60. The van der Waals surface area contributed by atoms with Crippen LogP contribution >= 0.6 is 11.6 Å². The summed E-state index contributed by atoms with van der Waals surface area (Å²) < 4.78 is 2.28. The number of nitrogens with one attached hydrogen (secondary N) is 2. The Kier molecular flexibility index (Phi) is 7.02. The number of para-hydroxylation sites is 1. The molecule has 4 atom stereocenters. The first kappa shape index (κ1) is 25.2. The van der Waals surface area contributed by atoms with Crippen molar-refractivity contribution in [3.63, 3.8) is 0 Å². The Labute approximate surface area is 229 Å². The predicted molar refractivity (Wildman–Crippen MR) is 151 cm³/mol. The van der Waals surface area contributed by atoms with Gasteiger partial charge in [0.25, 0.3) is 0 Å². The number of amides is 2. The van der Waals surface area contributed by atoms with Gasteiger partial charge in [0.1, 0.15) is 0 Å². The lowest BCUT2D eigenvalue weighted by molar-refractivity contribution is -0.141. The van der Waals surface area contributed by atoms with Crippen molar-refractivity contribution >= 4 is 34.3 Å². The van der Waals surface area contributed by atoms with Crippen molar-refractivity contribution < 1.29 is 9.59 Å². The number of rotatable bonds is 8. The lowest BCUT2D eigenvalue weighted by atomic mass is 9.66.